The number of rotatable bonds is 5. The summed E-state index contributed by atoms with van der Waals surface area (Å²) in [6.45, 7) is 0. The molecule has 27 heavy (non-hydrogen) atoms. The Morgan fingerprint density at radius 2 is 1.56 bits per heavy atom. The molecule has 0 aliphatic heterocycles. The van der Waals surface area contributed by atoms with Crippen LogP contribution in [0.3, 0.4) is 0 Å². The minimum Gasteiger partial charge on any atom is -0.321 e. The number of hydrogen-bond acceptors (Lipinski definition) is 4. The summed E-state index contributed by atoms with van der Waals surface area (Å²) in [7, 11) is 0. The summed E-state index contributed by atoms with van der Waals surface area (Å²) in [5.41, 5.74) is 1.01. The van der Waals surface area contributed by atoms with Crippen LogP contribution in [0, 0.1) is 10.1 Å². The molecule has 0 bridgehead atoms. The molecule has 1 amide bonds. The van der Waals surface area contributed by atoms with Gasteiger partial charge in [0.2, 0.25) is 0 Å². The van der Waals surface area contributed by atoms with Gasteiger partial charge in [0.1, 0.15) is 0 Å². The van der Waals surface area contributed by atoms with Crippen molar-refractivity contribution in [2.24, 2.45) is 0 Å². The molecule has 3 aromatic rings. The number of nitro groups is 1. The number of carbonyl (C=O) groups is 2. The quantitative estimate of drug-likeness (QED) is 0.393. The van der Waals surface area contributed by atoms with Crippen LogP contribution in [0.1, 0.15) is 26.3 Å². The molecule has 134 valence electrons. The molecule has 0 atom stereocenters. The minimum absolute atomic E-state index is 0.0476. The number of para-hydroxylation sites is 1. The molecule has 0 saturated heterocycles. The molecule has 0 aromatic heterocycles. The molecule has 7 heteroatoms. The average molecular weight is 381 g/mol. The lowest BCUT2D eigenvalue weighted by molar-refractivity contribution is -0.384. The Morgan fingerprint density at radius 1 is 0.889 bits per heavy atom. The third-order valence-corrected chi connectivity index (χ3v) is 4.18. The number of nitrogens with one attached hydrogen (secondary N) is 1. The van der Waals surface area contributed by atoms with Crippen LogP contribution in [0.5, 0.6) is 0 Å². The summed E-state index contributed by atoms with van der Waals surface area (Å²) in [6.07, 6.45) is 0. The van der Waals surface area contributed by atoms with Gasteiger partial charge in [0.15, 0.2) is 5.78 Å². The highest BCUT2D eigenvalue weighted by molar-refractivity contribution is 6.34. The summed E-state index contributed by atoms with van der Waals surface area (Å²) in [4.78, 5) is 35.5. The molecular weight excluding hydrogens is 368 g/mol. The molecule has 0 aliphatic rings. The van der Waals surface area contributed by atoms with E-state index in [1.54, 1.807) is 54.6 Å². The van der Waals surface area contributed by atoms with Crippen molar-refractivity contribution in [3.8, 4) is 0 Å². The Morgan fingerprint density at radius 3 is 2.22 bits per heavy atom. The number of hydrogen-bond donors (Lipinski definition) is 1. The van der Waals surface area contributed by atoms with Gasteiger partial charge in [-0.3, -0.25) is 19.7 Å². The van der Waals surface area contributed by atoms with E-state index in [1.807, 2.05) is 0 Å². The van der Waals surface area contributed by atoms with E-state index in [0.717, 1.165) is 6.07 Å². The maximum atomic E-state index is 12.7. The Labute approximate surface area is 159 Å². The third-order valence-electron chi connectivity index (χ3n) is 3.86. The zero-order valence-electron chi connectivity index (χ0n) is 13.9. The normalized spacial score (nSPS) is 10.3. The molecule has 6 nitrogen and oxygen atoms in total. The van der Waals surface area contributed by atoms with Crippen molar-refractivity contribution in [2.45, 2.75) is 0 Å². The molecule has 0 saturated carbocycles. The molecule has 0 heterocycles. The van der Waals surface area contributed by atoms with Gasteiger partial charge in [0.05, 0.1) is 21.2 Å². The van der Waals surface area contributed by atoms with E-state index in [0.29, 0.717) is 16.8 Å². The highest BCUT2D eigenvalue weighted by Crippen LogP contribution is 2.25. The van der Waals surface area contributed by atoms with E-state index in [1.165, 1.54) is 12.1 Å². The SMILES string of the molecule is O=C(Nc1ccccc1C(=O)c1ccccc1)c1ccc([N+](=O)[O-])cc1Cl. The van der Waals surface area contributed by atoms with Gasteiger partial charge >= 0.3 is 0 Å². The Kier molecular flexibility index (Phi) is 5.28. The highest BCUT2D eigenvalue weighted by atomic mass is 35.5. The van der Waals surface area contributed by atoms with Crippen molar-refractivity contribution in [1.29, 1.82) is 0 Å². The van der Waals surface area contributed by atoms with Crippen LogP contribution < -0.4 is 5.32 Å². The maximum Gasteiger partial charge on any atom is 0.270 e. The molecule has 0 unspecified atom stereocenters. The number of halogens is 1. The first kappa shape index (κ1) is 18.3. The smallest absolute Gasteiger partial charge is 0.270 e. The van der Waals surface area contributed by atoms with Gasteiger partial charge in [-0.2, -0.15) is 0 Å². The number of nitrogens with zero attached hydrogens (tertiary/aromatic N) is 1. The first-order valence-electron chi connectivity index (χ1n) is 7.91. The Hall–Kier alpha value is -3.51. The van der Waals surface area contributed by atoms with Crippen molar-refractivity contribution in [2.75, 3.05) is 5.32 Å². The number of anilines is 1. The molecule has 1 N–H and O–H groups in total. The van der Waals surface area contributed by atoms with Gasteiger partial charge in [-0.05, 0) is 18.2 Å². The van der Waals surface area contributed by atoms with Crippen molar-refractivity contribution < 1.29 is 14.5 Å². The average Bonchev–Trinajstić information content (AvgIpc) is 2.68. The summed E-state index contributed by atoms with van der Waals surface area (Å²) < 4.78 is 0. The van der Waals surface area contributed by atoms with E-state index in [9.17, 15) is 19.7 Å². The van der Waals surface area contributed by atoms with Crippen LogP contribution in [0.25, 0.3) is 0 Å². The van der Waals surface area contributed by atoms with Crippen LogP contribution in [-0.2, 0) is 0 Å². The minimum atomic E-state index is -0.596. The number of benzene rings is 3. The molecule has 3 aromatic carbocycles. The summed E-state index contributed by atoms with van der Waals surface area (Å²) >= 11 is 6.00. The largest absolute Gasteiger partial charge is 0.321 e. The third kappa shape index (κ3) is 4.02. The van der Waals surface area contributed by atoms with E-state index < -0.39 is 10.8 Å². The van der Waals surface area contributed by atoms with E-state index in [2.05, 4.69) is 5.32 Å². The fraction of sp³-hybridized carbons (Fsp3) is 0. The van der Waals surface area contributed by atoms with Gasteiger partial charge < -0.3 is 5.32 Å². The topological polar surface area (TPSA) is 89.3 Å². The first-order valence-corrected chi connectivity index (χ1v) is 8.29. The number of nitro benzene ring substituents is 1. The lowest BCUT2D eigenvalue weighted by Crippen LogP contribution is -2.15. The van der Waals surface area contributed by atoms with Gasteiger partial charge in [-0.15, -0.1) is 0 Å². The lowest BCUT2D eigenvalue weighted by Gasteiger charge is -2.11. The zero-order chi connectivity index (χ0) is 19.4. The molecule has 0 spiro atoms. The highest BCUT2D eigenvalue weighted by Gasteiger charge is 2.18. The Bertz CT molecular complexity index is 1040. The zero-order valence-corrected chi connectivity index (χ0v) is 14.6. The number of carbonyl (C=O) groups excluding carboxylic acids is 2. The van der Waals surface area contributed by atoms with Crippen molar-refractivity contribution in [3.05, 3.63) is 105 Å². The summed E-state index contributed by atoms with van der Waals surface area (Å²) in [5, 5.41) is 13.4. The fourth-order valence-corrected chi connectivity index (χ4v) is 2.79. The van der Waals surface area contributed by atoms with E-state index in [-0.39, 0.29) is 22.1 Å². The van der Waals surface area contributed by atoms with Crippen molar-refractivity contribution >= 4 is 34.7 Å². The lowest BCUT2D eigenvalue weighted by atomic mass is 10.0. The van der Waals surface area contributed by atoms with Crippen molar-refractivity contribution in [1.82, 2.24) is 0 Å². The summed E-state index contributed by atoms with van der Waals surface area (Å²) in [6, 6.07) is 18.9. The predicted octanol–water partition coefficient (Wildman–Crippen LogP) is 4.73. The molecule has 0 fully saturated rings. The van der Waals surface area contributed by atoms with Gasteiger partial charge in [0.25, 0.3) is 11.6 Å². The monoisotopic (exact) mass is 380 g/mol. The van der Waals surface area contributed by atoms with Crippen LogP contribution in [0.2, 0.25) is 5.02 Å². The first-order chi connectivity index (χ1) is 13.0. The summed E-state index contributed by atoms with van der Waals surface area (Å²) in [5.74, 6) is -0.801. The van der Waals surface area contributed by atoms with E-state index >= 15 is 0 Å². The number of ketones is 1. The predicted molar refractivity (Wildman–Crippen MR) is 102 cm³/mol. The van der Waals surface area contributed by atoms with Gasteiger partial charge in [-0.25, -0.2) is 0 Å². The fourth-order valence-electron chi connectivity index (χ4n) is 2.53. The number of non-ortho nitro benzene ring substituents is 1. The van der Waals surface area contributed by atoms with Crippen LogP contribution >= 0.6 is 11.6 Å². The standard InChI is InChI=1S/C20H13ClN2O4/c21-17-12-14(23(26)27)10-11-15(17)20(25)22-18-9-5-4-8-16(18)19(24)13-6-2-1-3-7-13/h1-12H,(H,22,25). The second kappa shape index (κ2) is 7.80. The van der Waals surface area contributed by atoms with Crippen molar-refractivity contribution in [3.63, 3.8) is 0 Å². The second-order valence-electron chi connectivity index (χ2n) is 5.62. The molecule has 3 rings (SSSR count). The maximum absolute atomic E-state index is 12.7. The molecule has 0 aliphatic carbocycles. The van der Waals surface area contributed by atoms with Crippen LogP contribution in [0.15, 0.2) is 72.8 Å². The van der Waals surface area contributed by atoms with E-state index in [4.69, 9.17) is 11.6 Å². The van der Waals surface area contributed by atoms with Gasteiger partial charge in [0, 0.05) is 23.3 Å². The Balaban J connectivity index is 1.90. The molecular formula is C20H13ClN2O4. The molecule has 0 radical (unpaired) electrons. The second-order valence-corrected chi connectivity index (χ2v) is 6.02. The number of amides is 1. The van der Waals surface area contributed by atoms with Crippen LogP contribution in [0.4, 0.5) is 11.4 Å². The van der Waals surface area contributed by atoms with Crippen LogP contribution in [-0.4, -0.2) is 16.6 Å². The van der Waals surface area contributed by atoms with Gasteiger partial charge in [-0.1, -0.05) is 54.1 Å².